The molecule has 0 fully saturated rings. The van der Waals surface area contributed by atoms with Gasteiger partial charge in [0.25, 0.3) is 5.09 Å². The van der Waals surface area contributed by atoms with E-state index in [2.05, 4.69) is 4.84 Å². The minimum atomic E-state index is -0.933. The van der Waals surface area contributed by atoms with Crippen molar-refractivity contribution >= 4 is 5.97 Å². The molecule has 0 bridgehead atoms. The van der Waals surface area contributed by atoms with Crippen LogP contribution in [0.3, 0.4) is 0 Å². The number of aromatic hydroxyl groups is 1. The van der Waals surface area contributed by atoms with E-state index in [1.165, 1.54) is 0 Å². The number of phenolic OH excluding ortho intramolecular Hbond substituents is 1. The van der Waals surface area contributed by atoms with E-state index in [4.69, 9.17) is 4.74 Å². The van der Waals surface area contributed by atoms with Gasteiger partial charge in [-0.25, -0.2) is 4.79 Å². The molecule has 0 spiro atoms. The third kappa shape index (κ3) is 4.02. The monoisotopic (exact) mass is 405 g/mol. The van der Waals surface area contributed by atoms with Crippen LogP contribution in [0.15, 0.2) is 23.8 Å². The number of hydrogen-bond acceptors (Lipinski definition) is 6. The molecule has 8 nitrogen and oxygen atoms in total. The summed E-state index contributed by atoms with van der Waals surface area (Å²) in [4.78, 5) is 26.4. The number of ether oxygens (including phenoxy) is 1. The van der Waals surface area contributed by atoms with Gasteiger partial charge in [-0.3, -0.25) is 0 Å². The van der Waals surface area contributed by atoms with Crippen molar-refractivity contribution in [2.75, 3.05) is 6.61 Å². The van der Waals surface area contributed by atoms with Crippen molar-refractivity contribution in [1.82, 2.24) is 0 Å². The zero-order chi connectivity index (χ0) is 21.6. The summed E-state index contributed by atoms with van der Waals surface area (Å²) in [7, 11) is 0. The second kappa shape index (κ2) is 7.24. The van der Waals surface area contributed by atoms with Gasteiger partial charge in [0.05, 0.1) is 6.61 Å². The van der Waals surface area contributed by atoms with Gasteiger partial charge < -0.3 is 19.8 Å². The van der Waals surface area contributed by atoms with Crippen molar-refractivity contribution in [3.05, 3.63) is 45.0 Å². The third-order valence-electron chi connectivity index (χ3n) is 6.28. The fraction of sp³-hybridized carbons (Fsp3) is 0.571. The predicted octanol–water partition coefficient (Wildman–Crippen LogP) is 3.94. The van der Waals surface area contributed by atoms with Crippen LogP contribution in [0.2, 0.25) is 0 Å². The number of phenols is 1. The average Bonchev–Trinajstić information content (AvgIpc) is 2.59. The number of fused-ring (bicyclic) bond motifs is 3. The molecule has 8 heteroatoms. The molecule has 158 valence electrons. The van der Waals surface area contributed by atoms with Gasteiger partial charge in [0.1, 0.15) is 17.1 Å². The first-order valence-electron chi connectivity index (χ1n) is 9.68. The lowest BCUT2D eigenvalue weighted by molar-refractivity contribution is -0.758. The Balaban J connectivity index is 1.98. The Kier molecular flexibility index (Phi) is 5.23. The molecule has 2 aliphatic rings. The highest BCUT2D eigenvalue weighted by Gasteiger charge is 2.47. The molecule has 2 atom stereocenters. The molecule has 0 aromatic heterocycles. The summed E-state index contributed by atoms with van der Waals surface area (Å²) < 4.78 is 6.27. The largest absolute Gasteiger partial charge is 0.508 e. The van der Waals surface area contributed by atoms with Crippen LogP contribution in [0.1, 0.15) is 64.0 Å². The number of carboxylic acid groups (broad SMARTS) is 1. The Bertz CT molecular complexity index is 872. The first-order chi connectivity index (χ1) is 13.4. The number of rotatable bonds is 6. The van der Waals surface area contributed by atoms with E-state index in [9.17, 15) is 25.1 Å². The predicted molar refractivity (Wildman–Crippen MR) is 105 cm³/mol. The molecule has 3 rings (SSSR count). The number of allylic oxidation sites excluding steroid dienone is 1. The van der Waals surface area contributed by atoms with E-state index < -0.39 is 22.1 Å². The molecule has 1 aromatic carbocycles. The minimum absolute atomic E-state index is 0.0522. The Morgan fingerprint density at radius 3 is 2.72 bits per heavy atom. The molecule has 0 amide bonds. The van der Waals surface area contributed by atoms with Crippen LogP contribution in [-0.4, -0.2) is 33.5 Å². The van der Waals surface area contributed by atoms with E-state index in [0.717, 1.165) is 5.56 Å². The Morgan fingerprint density at radius 2 is 2.10 bits per heavy atom. The van der Waals surface area contributed by atoms with Crippen molar-refractivity contribution in [3.8, 4) is 11.5 Å². The first kappa shape index (κ1) is 21.0. The van der Waals surface area contributed by atoms with Crippen LogP contribution in [0.4, 0.5) is 0 Å². The average molecular weight is 405 g/mol. The van der Waals surface area contributed by atoms with Crippen LogP contribution in [0, 0.1) is 16.0 Å². The smallest absolute Gasteiger partial charge is 0.331 e. The molecule has 0 saturated carbocycles. The topological polar surface area (TPSA) is 119 Å². The first-order valence-corrected chi connectivity index (χ1v) is 9.68. The number of carboxylic acids is 1. The summed E-state index contributed by atoms with van der Waals surface area (Å²) in [6.07, 6.45) is 3.05. The maximum atomic E-state index is 11.5. The van der Waals surface area contributed by atoms with E-state index in [-0.39, 0.29) is 24.2 Å². The van der Waals surface area contributed by atoms with Gasteiger partial charge in [-0.05, 0) is 56.2 Å². The highest BCUT2D eigenvalue weighted by Crippen LogP contribution is 2.54. The summed E-state index contributed by atoms with van der Waals surface area (Å²) in [6.45, 7) is 7.74. The summed E-state index contributed by atoms with van der Waals surface area (Å²) in [5.74, 6) is -0.424. The highest BCUT2D eigenvalue weighted by atomic mass is 16.9. The van der Waals surface area contributed by atoms with Crippen molar-refractivity contribution in [1.29, 1.82) is 0 Å². The molecular weight excluding hydrogens is 378 g/mol. The zero-order valence-electron chi connectivity index (χ0n) is 17.1. The normalized spacial score (nSPS) is 22.6. The molecule has 2 N–H and O–H groups in total. The summed E-state index contributed by atoms with van der Waals surface area (Å²) in [5, 5.41) is 29.9. The van der Waals surface area contributed by atoms with Crippen molar-refractivity contribution in [2.24, 2.45) is 5.92 Å². The lowest BCUT2D eigenvalue weighted by Gasteiger charge is -2.47. The van der Waals surface area contributed by atoms with E-state index in [1.807, 2.05) is 33.8 Å². The van der Waals surface area contributed by atoms with E-state index in [1.54, 1.807) is 12.1 Å². The van der Waals surface area contributed by atoms with E-state index >= 15 is 0 Å². The second-order valence-electron chi connectivity index (χ2n) is 8.99. The van der Waals surface area contributed by atoms with Crippen LogP contribution in [0.5, 0.6) is 11.5 Å². The van der Waals surface area contributed by atoms with Gasteiger partial charge in [0.2, 0.25) is 0 Å². The molecule has 0 radical (unpaired) electrons. The lowest BCUT2D eigenvalue weighted by atomic mass is 9.66. The molecule has 1 heterocycles. The van der Waals surface area contributed by atoms with Crippen LogP contribution >= 0.6 is 0 Å². The van der Waals surface area contributed by atoms with Crippen molar-refractivity contribution in [2.45, 2.75) is 63.9 Å². The quantitative estimate of drug-likeness (QED) is 0.543. The number of carbonyl (C=O) groups is 1. The number of nitrogens with zero attached hydrogens (tertiary/aromatic N) is 1. The van der Waals surface area contributed by atoms with Crippen molar-refractivity contribution < 1.29 is 29.7 Å². The lowest BCUT2D eigenvalue weighted by Crippen LogP contribution is -2.46. The van der Waals surface area contributed by atoms with Crippen molar-refractivity contribution in [3.63, 3.8) is 0 Å². The molecule has 0 saturated heterocycles. The number of aliphatic carboxylic acids is 1. The minimum Gasteiger partial charge on any atom is -0.508 e. The highest BCUT2D eigenvalue weighted by molar-refractivity contribution is 5.87. The van der Waals surface area contributed by atoms with E-state index in [0.29, 0.717) is 36.1 Å². The Morgan fingerprint density at radius 1 is 1.41 bits per heavy atom. The molecule has 0 unspecified atom stereocenters. The summed E-state index contributed by atoms with van der Waals surface area (Å²) in [6, 6.07) is 3.51. The van der Waals surface area contributed by atoms with Gasteiger partial charge in [-0.2, -0.15) is 0 Å². The van der Waals surface area contributed by atoms with Gasteiger partial charge in [0.15, 0.2) is 0 Å². The SMILES string of the molecule is CC(C)(CCO[N+](=O)[O-])c1cc(O)c2c(c1)OC(C)(C)[C@@H]1CC=C(C(=O)O)C[C@@H]21. The molecule has 29 heavy (non-hydrogen) atoms. The molecular formula is C21H27NO7. The number of benzene rings is 1. The van der Waals surface area contributed by atoms with Gasteiger partial charge in [-0.15, -0.1) is 10.1 Å². The summed E-state index contributed by atoms with van der Waals surface area (Å²) in [5.41, 5.74) is 0.755. The van der Waals surface area contributed by atoms with Crippen LogP contribution in [-0.2, 0) is 15.0 Å². The Hall–Kier alpha value is -2.77. The van der Waals surface area contributed by atoms with Crippen LogP contribution in [0.25, 0.3) is 0 Å². The molecule has 1 aromatic rings. The fourth-order valence-electron chi connectivity index (χ4n) is 4.48. The third-order valence-corrected chi connectivity index (χ3v) is 6.28. The Labute approximate surface area is 169 Å². The maximum absolute atomic E-state index is 11.5. The molecule has 1 aliphatic heterocycles. The maximum Gasteiger partial charge on any atom is 0.331 e. The van der Waals surface area contributed by atoms with Gasteiger partial charge >= 0.3 is 5.97 Å². The summed E-state index contributed by atoms with van der Waals surface area (Å²) >= 11 is 0. The molecule has 1 aliphatic carbocycles. The number of hydrogen-bond donors (Lipinski definition) is 2. The van der Waals surface area contributed by atoms with Gasteiger partial charge in [0, 0.05) is 23.0 Å². The standard InChI is InChI=1S/C21H27NO7/c1-20(2,7-8-28-22(26)27)13-10-16(23)18-14-9-12(19(24)25)5-6-15(14)21(3,4)29-17(18)11-13/h5,10-11,14-15,23H,6-9H2,1-4H3,(H,24,25)/t14-,15-/m1/s1. The second-order valence-corrected chi connectivity index (χ2v) is 8.99. The fourth-order valence-corrected chi connectivity index (χ4v) is 4.48. The zero-order valence-corrected chi connectivity index (χ0v) is 17.1. The van der Waals surface area contributed by atoms with Crippen LogP contribution < -0.4 is 4.74 Å². The van der Waals surface area contributed by atoms with Gasteiger partial charge in [-0.1, -0.05) is 19.9 Å².